The first-order chi connectivity index (χ1) is 12.1. The van der Waals surface area contributed by atoms with Crippen molar-refractivity contribution in [3.63, 3.8) is 0 Å². The largest absolute Gasteiger partial charge is 0.462 e. The molecule has 0 fully saturated rings. The van der Waals surface area contributed by atoms with E-state index in [9.17, 15) is 9.59 Å². The molecule has 0 aliphatic rings. The summed E-state index contributed by atoms with van der Waals surface area (Å²) in [4.78, 5) is 28.2. The Balaban J connectivity index is 2.00. The van der Waals surface area contributed by atoms with Gasteiger partial charge in [-0.05, 0) is 37.3 Å². The average Bonchev–Trinajstić information content (AvgIpc) is 2.63. The topological polar surface area (TPSA) is 105 Å². The number of carbonyl (C=O) groups is 1. The molecule has 0 spiro atoms. The minimum Gasteiger partial charge on any atom is -0.462 e. The fourth-order valence-electron chi connectivity index (χ4n) is 2.28. The van der Waals surface area contributed by atoms with Gasteiger partial charge in [-0.3, -0.25) is 4.79 Å². The van der Waals surface area contributed by atoms with Gasteiger partial charge in [-0.2, -0.15) is 5.26 Å². The minimum atomic E-state index is -0.713. The summed E-state index contributed by atoms with van der Waals surface area (Å²) in [6.45, 7) is 1.83. The number of nitrogens with one attached hydrogen (secondary N) is 1. The van der Waals surface area contributed by atoms with E-state index in [0.29, 0.717) is 22.0 Å². The molecule has 0 unspecified atom stereocenters. The summed E-state index contributed by atoms with van der Waals surface area (Å²) in [5.74, 6) is -0.713. The predicted octanol–water partition coefficient (Wildman–Crippen LogP) is 2.72. The molecule has 0 amide bonds. The van der Waals surface area contributed by atoms with E-state index in [2.05, 4.69) is 10.3 Å². The van der Waals surface area contributed by atoms with Crippen molar-refractivity contribution in [2.24, 2.45) is 0 Å². The van der Waals surface area contributed by atoms with E-state index in [1.54, 1.807) is 49.5 Å². The highest BCUT2D eigenvalue weighted by atomic mass is 16.5. The monoisotopic (exact) mass is 335 g/mol. The molecule has 1 aromatic carbocycles. The number of rotatable bonds is 4. The number of hydrogen-bond donors (Lipinski definition) is 1. The number of carbonyl (C=O) groups excluding carboxylic acids is 1. The van der Waals surface area contributed by atoms with E-state index in [-0.39, 0.29) is 23.3 Å². The number of aromatic nitrogens is 1. The van der Waals surface area contributed by atoms with E-state index < -0.39 is 5.97 Å². The molecule has 0 aliphatic carbocycles. The average molecular weight is 335 g/mol. The van der Waals surface area contributed by atoms with Crippen molar-refractivity contribution in [2.75, 3.05) is 11.9 Å². The second kappa shape index (κ2) is 6.84. The number of esters is 1. The third-order valence-corrected chi connectivity index (χ3v) is 3.45. The molecule has 7 nitrogen and oxygen atoms in total. The standard InChI is InChI=1S/C18H13N3O4/c1-2-24-18(23)11(9-19)10-21-12-5-6-15-14(8-12)16(22)13-4-3-7-20-17(13)25-15/h3-8,10,21H,2H2,1H3/b11-10+. The lowest BCUT2D eigenvalue weighted by molar-refractivity contribution is -0.138. The summed E-state index contributed by atoms with van der Waals surface area (Å²) < 4.78 is 10.4. The zero-order valence-electron chi connectivity index (χ0n) is 13.3. The SMILES string of the molecule is CCOC(=O)/C(C#N)=C/Nc1ccc2oc3ncccc3c(=O)c2c1. The Morgan fingerprint density at radius 3 is 3.00 bits per heavy atom. The normalized spacial score (nSPS) is 11.3. The van der Waals surface area contributed by atoms with Crippen LogP contribution in [0.4, 0.5) is 5.69 Å². The van der Waals surface area contributed by atoms with Gasteiger partial charge in [0.2, 0.25) is 11.1 Å². The Hall–Kier alpha value is -3.66. The number of hydrogen-bond acceptors (Lipinski definition) is 7. The second-order valence-corrected chi connectivity index (χ2v) is 5.03. The van der Waals surface area contributed by atoms with Crippen LogP contribution in [0.1, 0.15) is 6.92 Å². The van der Waals surface area contributed by atoms with E-state index in [0.717, 1.165) is 0 Å². The molecule has 0 saturated carbocycles. The molecule has 7 heteroatoms. The van der Waals surface area contributed by atoms with Crippen LogP contribution in [0.25, 0.3) is 22.1 Å². The van der Waals surface area contributed by atoms with Crippen molar-refractivity contribution in [3.05, 3.63) is 58.5 Å². The van der Waals surface area contributed by atoms with Crippen LogP contribution in [0.5, 0.6) is 0 Å². The number of ether oxygens (including phenoxy) is 1. The number of nitrogens with zero attached hydrogens (tertiary/aromatic N) is 2. The highest BCUT2D eigenvalue weighted by Crippen LogP contribution is 2.20. The molecule has 0 atom stereocenters. The fourth-order valence-corrected chi connectivity index (χ4v) is 2.28. The van der Waals surface area contributed by atoms with Crippen molar-refractivity contribution in [1.29, 1.82) is 5.26 Å². The van der Waals surface area contributed by atoms with Gasteiger partial charge in [-0.1, -0.05) is 0 Å². The Kier molecular flexibility index (Phi) is 4.44. The van der Waals surface area contributed by atoms with Crippen molar-refractivity contribution in [1.82, 2.24) is 4.98 Å². The Labute approximate surface area is 142 Å². The summed E-state index contributed by atoms with van der Waals surface area (Å²) in [5.41, 5.74) is 0.825. The highest BCUT2D eigenvalue weighted by Gasteiger charge is 2.11. The third-order valence-electron chi connectivity index (χ3n) is 3.45. The molecular weight excluding hydrogens is 322 g/mol. The van der Waals surface area contributed by atoms with Gasteiger partial charge in [-0.15, -0.1) is 0 Å². The molecule has 0 aliphatic heterocycles. The van der Waals surface area contributed by atoms with Gasteiger partial charge in [-0.25, -0.2) is 9.78 Å². The maximum Gasteiger partial charge on any atom is 0.350 e. The van der Waals surface area contributed by atoms with E-state index in [1.165, 1.54) is 6.20 Å². The lowest BCUT2D eigenvalue weighted by Gasteiger charge is -2.05. The molecule has 124 valence electrons. The van der Waals surface area contributed by atoms with Gasteiger partial charge in [0.25, 0.3) is 0 Å². The molecule has 3 aromatic rings. The van der Waals surface area contributed by atoms with Gasteiger partial charge in [0.15, 0.2) is 5.57 Å². The van der Waals surface area contributed by atoms with Crippen LogP contribution in [-0.4, -0.2) is 17.6 Å². The van der Waals surface area contributed by atoms with Gasteiger partial charge < -0.3 is 14.5 Å². The maximum atomic E-state index is 12.6. The highest BCUT2D eigenvalue weighted by molar-refractivity contribution is 5.93. The Bertz CT molecular complexity index is 1090. The van der Waals surface area contributed by atoms with E-state index >= 15 is 0 Å². The molecule has 0 radical (unpaired) electrons. The third kappa shape index (κ3) is 3.19. The molecule has 25 heavy (non-hydrogen) atoms. The van der Waals surface area contributed by atoms with Gasteiger partial charge in [0.05, 0.1) is 17.4 Å². The van der Waals surface area contributed by atoms with Crippen LogP contribution in [-0.2, 0) is 9.53 Å². The summed E-state index contributed by atoms with van der Waals surface area (Å²) in [5, 5.41) is 12.6. The van der Waals surface area contributed by atoms with Gasteiger partial charge >= 0.3 is 5.97 Å². The van der Waals surface area contributed by atoms with E-state index in [4.69, 9.17) is 14.4 Å². The molecule has 2 aromatic heterocycles. The maximum absolute atomic E-state index is 12.6. The molecular formula is C18H13N3O4. The van der Waals surface area contributed by atoms with Gasteiger partial charge in [0.1, 0.15) is 11.7 Å². The smallest absolute Gasteiger partial charge is 0.350 e. The van der Waals surface area contributed by atoms with Crippen molar-refractivity contribution in [2.45, 2.75) is 6.92 Å². The number of nitriles is 1. The molecule has 0 saturated heterocycles. The lowest BCUT2D eigenvalue weighted by atomic mass is 10.1. The zero-order chi connectivity index (χ0) is 17.8. The van der Waals surface area contributed by atoms with Crippen LogP contribution in [0.2, 0.25) is 0 Å². The fraction of sp³-hybridized carbons (Fsp3) is 0.111. The molecule has 3 rings (SSSR count). The molecule has 1 N–H and O–H groups in total. The minimum absolute atomic E-state index is 0.170. The van der Waals surface area contributed by atoms with Crippen LogP contribution >= 0.6 is 0 Å². The summed E-state index contributed by atoms with van der Waals surface area (Å²) in [6.07, 6.45) is 2.79. The van der Waals surface area contributed by atoms with Crippen molar-refractivity contribution < 1.29 is 13.9 Å². The number of anilines is 1. The molecule has 0 bridgehead atoms. The Morgan fingerprint density at radius 2 is 2.24 bits per heavy atom. The van der Waals surface area contributed by atoms with Crippen LogP contribution in [0.15, 0.2) is 57.5 Å². The summed E-state index contributed by atoms with van der Waals surface area (Å²) in [6, 6.07) is 9.94. The van der Waals surface area contributed by atoms with Crippen molar-refractivity contribution in [3.8, 4) is 6.07 Å². The summed E-state index contributed by atoms with van der Waals surface area (Å²) in [7, 11) is 0. The first kappa shape index (κ1) is 16.2. The van der Waals surface area contributed by atoms with Crippen LogP contribution in [0, 0.1) is 11.3 Å². The second-order valence-electron chi connectivity index (χ2n) is 5.03. The Morgan fingerprint density at radius 1 is 1.40 bits per heavy atom. The predicted molar refractivity (Wildman–Crippen MR) is 91.7 cm³/mol. The number of benzene rings is 1. The lowest BCUT2D eigenvalue weighted by Crippen LogP contribution is -2.08. The van der Waals surface area contributed by atoms with Crippen molar-refractivity contribution >= 4 is 33.7 Å². The van der Waals surface area contributed by atoms with Gasteiger partial charge in [0, 0.05) is 18.1 Å². The number of fused-ring (bicyclic) bond motifs is 2. The summed E-state index contributed by atoms with van der Waals surface area (Å²) >= 11 is 0. The molecule has 2 heterocycles. The number of pyridine rings is 1. The van der Waals surface area contributed by atoms with Crippen LogP contribution < -0.4 is 10.7 Å². The zero-order valence-corrected chi connectivity index (χ0v) is 13.3. The first-order valence-electron chi connectivity index (χ1n) is 7.49. The quantitative estimate of drug-likeness (QED) is 0.338. The van der Waals surface area contributed by atoms with E-state index in [1.807, 2.05) is 0 Å². The first-order valence-corrected chi connectivity index (χ1v) is 7.49. The van der Waals surface area contributed by atoms with Crippen LogP contribution in [0.3, 0.4) is 0 Å².